The van der Waals surface area contributed by atoms with Crippen LogP contribution in [-0.2, 0) is 0 Å². The van der Waals surface area contributed by atoms with Crippen molar-refractivity contribution < 1.29 is 0 Å². The summed E-state index contributed by atoms with van der Waals surface area (Å²) in [6.45, 7) is 8.60. The van der Waals surface area contributed by atoms with E-state index in [-0.39, 0.29) is 6.04 Å². The Bertz CT molecular complexity index is 2360. The van der Waals surface area contributed by atoms with Gasteiger partial charge in [0.05, 0.1) is 0 Å². The molecule has 0 saturated carbocycles. The highest BCUT2D eigenvalue weighted by molar-refractivity contribution is 5.98. The van der Waals surface area contributed by atoms with E-state index < -0.39 is 0 Å². The van der Waals surface area contributed by atoms with Crippen molar-refractivity contribution in [3.8, 4) is 22.3 Å². The van der Waals surface area contributed by atoms with Crippen LogP contribution in [0.1, 0.15) is 39.7 Å². The van der Waals surface area contributed by atoms with E-state index in [0.29, 0.717) is 0 Å². The van der Waals surface area contributed by atoms with Gasteiger partial charge in [-0.15, -0.1) is 0 Å². The van der Waals surface area contributed by atoms with E-state index in [4.69, 9.17) is 0 Å². The zero-order valence-corrected chi connectivity index (χ0v) is 32.5. The molecule has 0 aliphatic rings. The van der Waals surface area contributed by atoms with Crippen molar-refractivity contribution in [1.29, 1.82) is 0 Å². The molecule has 1 heteroatoms. The molecular formula is C54H51N. The molecule has 6 rings (SSSR count). The summed E-state index contributed by atoms with van der Waals surface area (Å²) in [6.07, 6.45) is 24.8. The van der Waals surface area contributed by atoms with Crippen LogP contribution in [0.3, 0.4) is 0 Å². The Morgan fingerprint density at radius 2 is 1.22 bits per heavy atom. The lowest BCUT2D eigenvalue weighted by Crippen LogP contribution is -2.27. The van der Waals surface area contributed by atoms with Gasteiger partial charge in [-0.25, -0.2) is 0 Å². The number of hydrogen-bond donors (Lipinski definition) is 0. The number of anilines is 2. The third kappa shape index (κ3) is 9.76. The number of hydrogen-bond acceptors (Lipinski definition) is 1. The fourth-order valence-corrected chi connectivity index (χ4v) is 7.04. The molecule has 272 valence electrons. The van der Waals surface area contributed by atoms with Crippen LogP contribution < -0.4 is 4.90 Å². The van der Waals surface area contributed by atoms with E-state index >= 15 is 0 Å². The molecule has 0 spiro atoms. The lowest BCUT2D eigenvalue weighted by molar-refractivity contribution is 0.867. The zero-order valence-electron chi connectivity index (χ0n) is 32.5. The van der Waals surface area contributed by atoms with Crippen molar-refractivity contribution in [1.82, 2.24) is 0 Å². The van der Waals surface area contributed by atoms with E-state index in [1.54, 1.807) is 0 Å². The summed E-state index contributed by atoms with van der Waals surface area (Å²) in [5.41, 5.74) is 12.0. The highest BCUT2D eigenvalue weighted by Crippen LogP contribution is 2.42. The zero-order chi connectivity index (χ0) is 38.2. The van der Waals surface area contributed by atoms with E-state index in [9.17, 15) is 0 Å². The summed E-state index contributed by atoms with van der Waals surface area (Å²) in [5, 5.41) is 2.45. The second kappa shape index (κ2) is 19.6. The first kappa shape index (κ1) is 38.3. The molecule has 55 heavy (non-hydrogen) atoms. The Balaban J connectivity index is 1.41. The molecule has 1 atom stereocenters. The largest absolute Gasteiger partial charge is 0.334 e. The second-order valence-electron chi connectivity index (χ2n) is 13.5. The van der Waals surface area contributed by atoms with Crippen molar-refractivity contribution in [3.05, 3.63) is 235 Å². The number of benzene rings is 6. The number of allylic oxidation sites excluding steroid dienone is 13. The van der Waals surface area contributed by atoms with Crippen molar-refractivity contribution in [2.45, 2.75) is 40.2 Å². The van der Waals surface area contributed by atoms with Crippen LogP contribution in [-0.4, -0.2) is 6.04 Å². The standard InChI is InChI=1S/C54H51N/c1-5-8-9-10-14-30-48(50(7-3)45-26-17-12-18-27-45)38-37-43(6-2)36-35-42(4)55(53-34-23-32-46-31-21-22-33-51(46)53)54-40-39-49(44-24-15-11-16-25-44)41-52(54)47-28-19-13-20-29-47/h5-36,38-42H,37H2,1-4H3/b8-5-,10-9-,30-14+,36-35-,43-6+,48-38-,50-7-/t42-/m0/s1. The average Bonchev–Trinajstić information content (AvgIpc) is 3.25. The lowest BCUT2D eigenvalue weighted by Gasteiger charge is -2.33. The molecule has 0 unspecified atom stereocenters. The minimum atomic E-state index is 0.0290. The van der Waals surface area contributed by atoms with Crippen molar-refractivity contribution in [2.24, 2.45) is 0 Å². The maximum Gasteiger partial charge on any atom is 0.0497 e. The van der Waals surface area contributed by atoms with Gasteiger partial charge in [0.2, 0.25) is 0 Å². The molecule has 0 aromatic heterocycles. The minimum absolute atomic E-state index is 0.0290. The Morgan fingerprint density at radius 3 is 1.93 bits per heavy atom. The van der Waals surface area contributed by atoms with E-state index in [0.717, 1.165) is 6.42 Å². The summed E-state index contributed by atoms with van der Waals surface area (Å²) < 4.78 is 0. The molecule has 0 amide bonds. The molecule has 0 saturated heterocycles. The number of fused-ring (bicyclic) bond motifs is 1. The molecule has 0 N–H and O–H groups in total. The fraction of sp³-hybridized carbons (Fsp3) is 0.111. The lowest BCUT2D eigenvalue weighted by atomic mass is 9.94. The minimum Gasteiger partial charge on any atom is -0.334 e. The first-order chi connectivity index (χ1) is 27.1. The topological polar surface area (TPSA) is 3.24 Å². The van der Waals surface area contributed by atoms with Gasteiger partial charge in [-0.2, -0.15) is 0 Å². The molecule has 0 radical (unpaired) electrons. The van der Waals surface area contributed by atoms with Crippen molar-refractivity contribution in [3.63, 3.8) is 0 Å². The summed E-state index contributed by atoms with van der Waals surface area (Å²) in [4.78, 5) is 2.51. The van der Waals surface area contributed by atoms with Gasteiger partial charge in [0.25, 0.3) is 0 Å². The number of nitrogens with zero attached hydrogens (tertiary/aromatic N) is 1. The second-order valence-corrected chi connectivity index (χ2v) is 13.5. The quantitative estimate of drug-likeness (QED) is 0.102. The summed E-state index contributed by atoms with van der Waals surface area (Å²) in [5.74, 6) is 0. The van der Waals surface area contributed by atoms with Gasteiger partial charge in [0, 0.05) is 28.4 Å². The van der Waals surface area contributed by atoms with Crippen LogP contribution in [0.4, 0.5) is 11.4 Å². The van der Waals surface area contributed by atoms with Gasteiger partial charge >= 0.3 is 0 Å². The summed E-state index contributed by atoms with van der Waals surface area (Å²) in [6, 6.07) is 54.4. The van der Waals surface area contributed by atoms with Crippen LogP contribution >= 0.6 is 0 Å². The monoisotopic (exact) mass is 713 g/mol. The van der Waals surface area contributed by atoms with Gasteiger partial charge in [0.1, 0.15) is 0 Å². The first-order valence-electron chi connectivity index (χ1n) is 19.3. The Kier molecular flexibility index (Phi) is 13.6. The van der Waals surface area contributed by atoms with Gasteiger partial charge in [0.15, 0.2) is 0 Å². The smallest absolute Gasteiger partial charge is 0.0497 e. The fourth-order valence-electron chi connectivity index (χ4n) is 7.04. The van der Waals surface area contributed by atoms with Crippen LogP contribution in [0, 0.1) is 0 Å². The van der Waals surface area contributed by atoms with Crippen LogP contribution in [0.25, 0.3) is 38.6 Å². The Morgan fingerprint density at radius 1 is 0.564 bits per heavy atom. The van der Waals surface area contributed by atoms with Crippen LogP contribution in [0.5, 0.6) is 0 Å². The van der Waals surface area contributed by atoms with E-state index in [1.165, 1.54) is 66.7 Å². The maximum atomic E-state index is 2.51. The molecule has 0 aliphatic heterocycles. The summed E-state index contributed by atoms with van der Waals surface area (Å²) in [7, 11) is 0. The van der Waals surface area contributed by atoms with Gasteiger partial charge in [-0.1, -0.05) is 200 Å². The van der Waals surface area contributed by atoms with Gasteiger partial charge in [-0.05, 0) is 96.7 Å². The van der Waals surface area contributed by atoms with Crippen LogP contribution in [0.15, 0.2) is 230 Å². The third-order valence-corrected chi connectivity index (χ3v) is 9.88. The summed E-state index contributed by atoms with van der Waals surface area (Å²) >= 11 is 0. The van der Waals surface area contributed by atoms with Gasteiger partial charge in [-0.3, -0.25) is 0 Å². The SMILES string of the molecule is C\C=C/C=C\C=C\C(=C\CC(/C=C\[C@H](C)N(c1ccc(-c2ccccc2)cc1-c1ccccc1)c1cccc2ccccc12)=C/C)C(=C/C)\c1ccccc1. The highest BCUT2D eigenvalue weighted by Gasteiger charge is 2.21. The van der Waals surface area contributed by atoms with E-state index in [1.807, 2.05) is 19.1 Å². The van der Waals surface area contributed by atoms with Crippen molar-refractivity contribution >= 4 is 27.7 Å². The molecule has 6 aromatic rings. The third-order valence-electron chi connectivity index (χ3n) is 9.88. The molecule has 0 aliphatic carbocycles. The molecule has 0 heterocycles. The maximum absolute atomic E-state index is 2.51. The molecule has 0 bridgehead atoms. The number of rotatable bonds is 14. The Hall–Kier alpha value is -6.44. The average molecular weight is 714 g/mol. The Labute approximate surface area is 329 Å². The molecule has 0 fully saturated rings. The van der Waals surface area contributed by atoms with Gasteiger partial charge < -0.3 is 4.90 Å². The normalized spacial score (nSPS) is 13.5. The highest BCUT2D eigenvalue weighted by atomic mass is 15.2. The van der Waals surface area contributed by atoms with Crippen molar-refractivity contribution in [2.75, 3.05) is 4.90 Å². The molecular weight excluding hydrogens is 663 g/mol. The first-order valence-corrected chi connectivity index (χ1v) is 19.3. The molecule has 1 nitrogen and oxygen atoms in total. The predicted molar refractivity (Wildman–Crippen MR) is 242 cm³/mol. The predicted octanol–water partition coefficient (Wildman–Crippen LogP) is 15.3. The van der Waals surface area contributed by atoms with E-state index in [2.05, 4.69) is 232 Å². The molecule has 6 aromatic carbocycles. The van der Waals surface area contributed by atoms with Crippen LogP contribution in [0.2, 0.25) is 0 Å².